The van der Waals surface area contributed by atoms with Crippen molar-refractivity contribution in [3.63, 3.8) is 0 Å². The lowest BCUT2D eigenvalue weighted by Gasteiger charge is -2.49. The molecule has 33 heavy (non-hydrogen) atoms. The summed E-state index contributed by atoms with van der Waals surface area (Å²) in [5, 5.41) is 0.721. The SMILES string of the molecule is COc1cc2nc(N3CCN(C(=O)c4ccc(C)o4)[C@@H]4CCCC[C@@H]43)nc(N)c2cc1OC. The number of nitrogens with two attached hydrogens (primary N) is 1. The number of amides is 1. The molecule has 0 radical (unpaired) electrons. The maximum Gasteiger partial charge on any atom is 0.289 e. The second-order valence-corrected chi connectivity index (χ2v) is 8.65. The molecule has 5 rings (SSSR count). The first-order valence-corrected chi connectivity index (χ1v) is 11.3. The smallest absolute Gasteiger partial charge is 0.289 e. The van der Waals surface area contributed by atoms with Crippen LogP contribution in [0.15, 0.2) is 28.7 Å². The molecule has 1 saturated heterocycles. The number of aromatic nitrogens is 2. The summed E-state index contributed by atoms with van der Waals surface area (Å²) in [7, 11) is 3.18. The van der Waals surface area contributed by atoms with Crippen molar-refractivity contribution in [3.05, 3.63) is 35.8 Å². The number of hydrogen-bond donors (Lipinski definition) is 1. The number of anilines is 2. The van der Waals surface area contributed by atoms with Crippen molar-refractivity contribution >= 4 is 28.6 Å². The average Bonchev–Trinajstić information content (AvgIpc) is 3.28. The number of carbonyl (C=O) groups excluding carboxylic acids is 1. The normalized spacial score (nSPS) is 20.6. The van der Waals surface area contributed by atoms with Crippen LogP contribution in [-0.2, 0) is 0 Å². The Morgan fingerprint density at radius 3 is 2.48 bits per heavy atom. The summed E-state index contributed by atoms with van der Waals surface area (Å²) in [6, 6.07) is 7.43. The molecule has 0 bridgehead atoms. The molecule has 2 aromatic heterocycles. The Morgan fingerprint density at radius 1 is 1.06 bits per heavy atom. The lowest BCUT2D eigenvalue weighted by atomic mass is 9.86. The number of aryl methyl sites for hydroxylation is 1. The van der Waals surface area contributed by atoms with E-state index >= 15 is 0 Å². The first kappa shape index (κ1) is 21.4. The molecule has 2 fully saturated rings. The number of carbonyl (C=O) groups is 1. The van der Waals surface area contributed by atoms with Crippen LogP contribution in [0, 0.1) is 6.92 Å². The third-order valence-corrected chi connectivity index (χ3v) is 6.76. The van der Waals surface area contributed by atoms with Crippen molar-refractivity contribution in [2.45, 2.75) is 44.7 Å². The number of piperazine rings is 1. The van der Waals surface area contributed by atoms with Crippen molar-refractivity contribution in [1.82, 2.24) is 14.9 Å². The summed E-state index contributed by atoms with van der Waals surface area (Å²) in [6.07, 6.45) is 4.11. The lowest BCUT2D eigenvalue weighted by molar-refractivity contribution is 0.0507. The van der Waals surface area contributed by atoms with Crippen LogP contribution >= 0.6 is 0 Å². The maximum atomic E-state index is 13.2. The van der Waals surface area contributed by atoms with Gasteiger partial charge in [0.1, 0.15) is 11.6 Å². The number of fused-ring (bicyclic) bond motifs is 2. The van der Waals surface area contributed by atoms with Gasteiger partial charge in [0.05, 0.1) is 31.8 Å². The Bertz CT molecular complexity index is 1190. The van der Waals surface area contributed by atoms with Gasteiger partial charge in [-0.25, -0.2) is 4.98 Å². The van der Waals surface area contributed by atoms with Gasteiger partial charge in [0.25, 0.3) is 5.91 Å². The van der Waals surface area contributed by atoms with Gasteiger partial charge in [-0.1, -0.05) is 12.8 Å². The van der Waals surface area contributed by atoms with Gasteiger partial charge in [0.2, 0.25) is 5.95 Å². The minimum Gasteiger partial charge on any atom is -0.493 e. The van der Waals surface area contributed by atoms with Crippen LogP contribution in [-0.4, -0.2) is 60.2 Å². The molecule has 2 aliphatic rings. The van der Waals surface area contributed by atoms with Crippen molar-refractivity contribution in [2.24, 2.45) is 0 Å². The number of benzene rings is 1. The van der Waals surface area contributed by atoms with E-state index in [1.165, 1.54) is 0 Å². The van der Waals surface area contributed by atoms with E-state index in [0.29, 0.717) is 47.6 Å². The second kappa shape index (κ2) is 8.46. The number of methoxy groups -OCH3 is 2. The Balaban J connectivity index is 1.49. The Hall–Kier alpha value is -3.49. The van der Waals surface area contributed by atoms with E-state index in [1.54, 1.807) is 26.4 Å². The monoisotopic (exact) mass is 451 g/mol. The average molecular weight is 452 g/mol. The molecular formula is C24H29N5O4. The fraction of sp³-hybridized carbons (Fsp3) is 0.458. The summed E-state index contributed by atoms with van der Waals surface area (Å²) in [5.41, 5.74) is 7.05. The molecule has 3 aromatic rings. The number of nitrogen functional groups attached to an aromatic ring is 1. The standard InChI is InChI=1S/C24H29N5O4/c1-14-8-9-19(33-14)23(30)28-10-11-29(18-7-5-4-6-17(18)28)24-26-16-13-21(32-3)20(31-2)12-15(16)22(25)27-24/h8-9,12-13,17-18H,4-7,10-11H2,1-3H3,(H2,25,26,27)/t17-,18+/m1/s1. The van der Waals surface area contributed by atoms with Crippen LogP contribution < -0.4 is 20.1 Å². The fourth-order valence-corrected chi connectivity index (χ4v) is 5.15. The summed E-state index contributed by atoms with van der Waals surface area (Å²) in [4.78, 5) is 26.9. The van der Waals surface area contributed by atoms with E-state index in [4.69, 9.17) is 24.6 Å². The highest BCUT2D eigenvalue weighted by Gasteiger charge is 2.42. The highest BCUT2D eigenvalue weighted by Crippen LogP contribution is 2.37. The highest BCUT2D eigenvalue weighted by atomic mass is 16.5. The molecule has 2 N–H and O–H groups in total. The molecule has 1 amide bonds. The zero-order valence-electron chi connectivity index (χ0n) is 19.2. The predicted molar refractivity (Wildman–Crippen MR) is 125 cm³/mol. The summed E-state index contributed by atoms with van der Waals surface area (Å²) in [6.45, 7) is 3.06. The minimum absolute atomic E-state index is 0.0459. The molecule has 1 aliphatic heterocycles. The van der Waals surface area contributed by atoms with Crippen molar-refractivity contribution < 1.29 is 18.7 Å². The van der Waals surface area contributed by atoms with E-state index in [0.717, 1.165) is 36.8 Å². The van der Waals surface area contributed by atoms with Crippen LogP contribution in [0.4, 0.5) is 11.8 Å². The zero-order valence-corrected chi connectivity index (χ0v) is 19.2. The Labute approximate surface area is 192 Å². The van der Waals surface area contributed by atoms with Crippen molar-refractivity contribution in [3.8, 4) is 11.5 Å². The van der Waals surface area contributed by atoms with E-state index in [9.17, 15) is 4.79 Å². The van der Waals surface area contributed by atoms with Gasteiger partial charge >= 0.3 is 0 Å². The first-order valence-electron chi connectivity index (χ1n) is 11.3. The van der Waals surface area contributed by atoms with Crippen LogP contribution in [0.2, 0.25) is 0 Å². The van der Waals surface area contributed by atoms with Gasteiger partial charge in [-0.2, -0.15) is 4.98 Å². The Kier molecular flexibility index (Phi) is 5.47. The van der Waals surface area contributed by atoms with E-state index in [2.05, 4.69) is 9.88 Å². The second-order valence-electron chi connectivity index (χ2n) is 8.65. The van der Waals surface area contributed by atoms with Gasteiger partial charge in [0, 0.05) is 24.5 Å². The summed E-state index contributed by atoms with van der Waals surface area (Å²) >= 11 is 0. The number of ether oxygens (including phenoxy) is 2. The fourth-order valence-electron chi connectivity index (χ4n) is 5.15. The van der Waals surface area contributed by atoms with Crippen LogP contribution in [0.25, 0.3) is 10.9 Å². The highest BCUT2D eigenvalue weighted by molar-refractivity contribution is 5.93. The van der Waals surface area contributed by atoms with Gasteiger partial charge in [-0.3, -0.25) is 4.79 Å². The molecular weight excluding hydrogens is 422 g/mol. The van der Waals surface area contributed by atoms with Crippen LogP contribution in [0.3, 0.4) is 0 Å². The largest absolute Gasteiger partial charge is 0.493 e. The maximum absolute atomic E-state index is 13.2. The molecule has 2 atom stereocenters. The van der Waals surface area contributed by atoms with Crippen molar-refractivity contribution in [1.29, 1.82) is 0 Å². The first-order chi connectivity index (χ1) is 16.0. The molecule has 0 spiro atoms. The van der Waals surface area contributed by atoms with Crippen LogP contribution in [0.5, 0.6) is 11.5 Å². The zero-order chi connectivity index (χ0) is 23.1. The minimum atomic E-state index is -0.0459. The summed E-state index contributed by atoms with van der Waals surface area (Å²) < 4.78 is 16.5. The number of furan rings is 1. The molecule has 0 unspecified atom stereocenters. The lowest BCUT2D eigenvalue weighted by Crippen LogP contribution is -2.62. The van der Waals surface area contributed by atoms with E-state index in [1.807, 2.05) is 24.0 Å². The van der Waals surface area contributed by atoms with Crippen molar-refractivity contribution in [2.75, 3.05) is 37.9 Å². The Morgan fingerprint density at radius 2 is 1.79 bits per heavy atom. The van der Waals surface area contributed by atoms with E-state index in [-0.39, 0.29) is 18.0 Å². The molecule has 1 saturated carbocycles. The molecule has 9 heteroatoms. The topological polar surface area (TPSA) is 107 Å². The molecule has 3 heterocycles. The predicted octanol–water partition coefficient (Wildman–Crippen LogP) is 3.40. The molecule has 1 aliphatic carbocycles. The number of rotatable bonds is 4. The van der Waals surface area contributed by atoms with Crippen LogP contribution in [0.1, 0.15) is 42.0 Å². The van der Waals surface area contributed by atoms with Gasteiger partial charge < -0.3 is 29.4 Å². The summed E-state index contributed by atoms with van der Waals surface area (Å²) in [5.74, 6) is 3.25. The molecule has 174 valence electrons. The molecule has 9 nitrogen and oxygen atoms in total. The third kappa shape index (κ3) is 3.71. The van der Waals surface area contributed by atoms with Gasteiger partial charge in [-0.15, -0.1) is 0 Å². The molecule has 1 aromatic carbocycles. The number of nitrogens with zero attached hydrogens (tertiary/aromatic N) is 4. The number of hydrogen-bond acceptors (Lipinski definition) is 8. The van der Waals surface area contributed by atoms with Gasteiger partial charge in [-0.05, 0) is 38.0 Å². The third-order valence-electron chi connectivity index (χ3n) is 6.76. The van der Waals surface area contributed by atoms with E-state index < -0.39 is 0 Å². The quantitative estimate of drug-likeness (QED) is 0.643. The van der Waals surface area contributed by atoms with Gasteiger partial charge in [0.15, 0.2) is 17.3 Å².